The fourth-order valence-electron chi connectivity index (χ4n) is 4.07. The number of carboxylic acid groups (broad SMARTS) is 1. The molecule has 3 heteroatoms. The van der Waals surface area contributed by atoms with E-state index in [1.54, 1.807) is 0 Å². The van der Waals surface area contributed by atoms with Crippen molar-refractivity contribution in [3.63, 3.8) is 0 Å². The van der Waals surface area contributed by atoms with Gasteiger partial charge in [0.2, 0.25) is 0 Å². The van der Waals surface area contributed by atoms with Crippen LogP contribution in [0.3, 0.4) is 0 Å². The summed E-state index contributed by atoms with van der Waals surface area (Å²) in [5.74, 6) is 0.123. The lowest BCUT2D eigenvalue weighted by molar-refractivity contribution is -0.146. The van der Waals surface area contributed by atoms with Gasteiger partial charge in [-0.2, -0.15) is 0 Å². The van der Waals surface area contributed by atoms with Gasteiger partial charge in [0.15, 0.2) is 0 Å². The van der Waals surface area contributed by atoms with Gasteiger partial charge in [-0.05, 0) is 38.1 Å². The largest absolute Gasteiger partial charge is 0.480 e. The van der Waals surface area contributed by atoms with Crippen molar-refractivity contribution in [2.24, 2.45) is 5.92 Å². The SMILES string of the molecule is CCC1CCCCC1N1CCCCCCC1C(=O)O. The first-order valence-corrected chi connectivity index (χ1v) is 8.22. The van der Waals surface area contributed by atoms with Crippen LogP contribution in [0.1, 0.15) is 71.1 Å². The second kappa shape index (κ2) is 7.28. The Bertz CT molecular complexity index is 292. The van der Waals surface area contributed by atoms with Crippen molar-refractivity contribution in [3.8, 4) is 0 Å². The summed E-state index contributed by atoms with van der Waals surface area (Å²) in [5.41, 5.74) is 0. The van der Waals surface area contributed by atoms with E-state index in [4.69, 9.17) is 0 Å². The van der Waals surface area contributed by atoms with E-state index in [2.05, 4.69) is 11.8 Å². The first kappa shape index (κ1) is 14.8. The van der Waals surface area contributed by atoms with Gasteiger partial charge >= 0.3 is 5.97 Å². The highest BCUT2D eigenvalue weighted by Crippen LogP contribution is 2.33. The monoisotopic (exact) mass is 267 g/mol. The molecule has 0 amide bonds. The smallest absolute Gasteiger partial charge is 0.320 e. The summed E-state index contributed by atoms with van der Waals surface area (Å²) in [5, 5.41) is 9.57. The highest BCUT2D eigenvalue weighted by atomic mass is 16.4. The molecule has 1 saturated carbocycles. The third-order valence-electron chi connectivity index (χ3n) is 5.15. The van der Waals surface area contributed by atoms with Crippen LogP contribution in [0.5, 0.6) is 0 Å². The van der Waals surface area contributed by atoms with E-state index in [1.807, 2.05) is 0 Å². The maximum absolute atomic E-state index is 11.6. The predicted molar refractivity (Wildman–Crippen MR) is 77.3 cm³/mol. The number of hydrogen-bond donors (Lipinski definition) is 1. The minimum Gasteiger partial charge on any atom is -0.480 e. The summed E-state index contributed by atoms with van der Waals surface area (Å²) in [6.45, 7) is 3.26. The molecular weight excluding hydrogens is 238 g/mol. The van der Waals surface area contributed by atoms with Gasteiger partial charge in [0, 0.05) is 6.04 Å². The van der Waals surface area contributed by atoms with E-state index in [-0.39, 0.29) is 6.04 Å². The van der Waals surface area contributed by atoms with Crippen LogP contribution in [-0.4, -0.2) is 34.6 Å². The first-order valence-electron chi connectivity index (χ1n) is 8.22. The van der Waals surface area contributed by atoms with E-state index < -0.39 is 5.97 Å². The van der Waals surface area contributed by atoms with E-state index in [0.717, 1.165) is 25.3 Å². The molecule has 19 heavy (non-hydrogen) atoms. The Balaban J connectivity index is 2.12. The summed E-state index contributed by atoms with van der Waals surface area (Å²) in [7, 11) is 0. The minimum atomic E-state index is -0.595. The minimum absolute atomic E-state index is 0.225. The molecule has 1 saturated heterocycles. The Morgan fingerprint density at radius 2 is 1.74 bits per heavy atom. The van der Waals surface area contributed by atoms with Crippen LogP contribution in [0, 0.1) is 5.92 Å². The molecule has 3 unspecified atom stereocenters. The van der Waals surface area contributed by atoms with Crippen LogP contribution >= 0.6 is 0 Å². The highest BCUT2D eigenvalue weighted by molar-refractivity contribution is 5.73. The average Bonchev–Trinajstić information content (AvgIpc) is 2.38. The molecule has 110 valence electrons. The van der Waals surface area contributed by atoms with E-state index >= 15 is 0 Å². The molecule has 3 atom stereocenters. The molecule has 0 aromatic carbocycles. The maximum atomic E-state index is 11.6. The van der Waals surface area contributed by atoms with Crippen LogP contribution in [0.2, 0.25) is 0 Å². The Morgan fingerprint density at radius 3 is 2.47 bits per heavy atom. The van der Waals surface area contributed by atoms with Gasteiger partial charge in [0.05, 0.1) is 0 Å². The standard InChI is InChI=1S/C16H29NO2/c1-2-13-9-6-7-10-14(13)17-12-8-4-3-5-11-15(17)16(18)19/h13-15H,2-12H2,1H3,(H,18,19). The molecule has 1 N–H and O–H groups in total. The van der Waals surface area contributed by atoms with Crippen molar-refractivity contribution in [2.75, 3.05) is 6.54 Å². The molecule has 1 heterocycles. The highest BCUT2D eigenvalue weighted by Gasteiger charge is 2.36. The fourth-order valence-corrected chi connectivity index (χ4v) is 4.07. The lowest BCUT2D eigenvalue weighted by Crippen LogP contribution is -2.52. The van der Waals surface area contributed by atoms with Gasteiger partial charge in [-0.1, -0.05) is 45.4 Å². The molecule has 0 aromatic rings. The summed E-state index contributed by atoms with van der Waals surface area (Å²) >= 11 is 0. The number of nitrogens with zero attached hydrogens (tertiary/aromatic N) is 1. The Hall–Kier alpha value is -0.570. The molecule has 1 aliphatic heterocycles. The predicted octanol–water partition coefficient (Wildman–Crippen LogP) is 3.67. The number of rotatable bonds is 3. The van der Waals surface area contributed by atoms with Crippen molar-refractivity contribution in [2.45, 2.75) is 83.2 Å². The maximum Gasteiger partial charge on any atom is 0.320 e. The fraction of sp³-hybridized carbons (Fsp3) is 0.938. The molecule has 0 radical (unpaired) electrons. The van der Waals surface area contributed by atoms with Gasteiger partial charge in [0.1, 0.15) is 6.04 Å². The van der Waals surface area contributed by atoms with Crippen molar-refractivity contribution in [3.05, 3.63) is 0 Å². The molecule has 1 aliphatic carbocycles. The normalized spacial score (nSPS) is 34.5. The Labute approximate surface area is 117 Å². The van der Waals surface area contributed by atoms with Gasteiger partial charge in [0.25, 0.3) is 0 Å². The van der Waals surface area contributed by atoms with Crippen LogP contribution in [0.4, 0.5) is 0 Å². The second-order valence-corrected chi connectivity index (χ2v) is 6.31. The number of aliphatic carboxylic acids is 1. The van der Waals surface area contributed by atoms with Crippen LogP contribution in [0.25, 0.3) is 0 Å². The molecule has 3 nitrogen and oxygen atoms in total. The molecule has 0 spiro atoms. The van der Waals surface area contributed by atoms with Gasteiger partial charge < -0.3 is 5.11 Å². The van der Waals surface area contributed by atoms with Gasteiger partial charge in [-0.3, -0.25) is 9.69 Å². The summed E-state index contributed by atoms with van der Waals surface area (Å²) in [4.78, 5) is 14.0. The van der Waals surface area contributed by atoms with Crippen molar-refractivity contribution >= 4 is 5.97 Å². The van der Waals surface area contributed by atoms with Crippen LogP contribution in [0.15, 0.2) is 0 Å². The van der Waals surface area contributed by atoms with Crippen molar-refractivity contribution in [1.82, 2.24) is 4.90 Å². The van der Waals surface area contributed by atoms with Crippen LogP contribution < -0.4 is 0 Å². The quantitative estimate of drug-likeness (QED) is 0.848. The zero-order chi connectivity index (χ0) is 13.7. The number of hydrogen-bond acceptors (Lipinski definition) is 2. The van der Waals surface area contributed by atoms with E-state index in [0.29, 0.717) is 6.04 Å². The third kappa shape index (κ3) is 3.71. The summed E-state index contributed by atoms with van der Waals surface area (Å²) in [6.07, 6.45) is 11.9. The lowest BCUT2D eigenvalue weighted by atomic mass is 9.80. The molecular formula is C16H29NO2. The van der Waals surface area contributed by atoms with Crippen molar-refractivity contribution < 1.29 is 9.90 Å². The first-order chi connectivity index (χ1) is 9.24. The van der Waals surface area contributed by atoms with E-state index in [9.17, 15) is 9.90 Å². The van der Waals surface area contributed by atoms with Gasteiger partial charge in [-0.25, -0.2) is 0 Å². The molecule has 2 rings (SSSR count). The second-order valence-electron chi connectivity index (χ2n) is 6.31. The zero-order valence-electron chi connectivity index (χ0n) is 12.3. The average molecular weight is 267 g/mol. The van der Waals surface area contributed by atoms with Crippen LogP contribution in [-0.2, 0) is 4.79 Å². The van der Waals surface area contributed by atoms with Gasteiger partial charge in [-0.15, -0.1) is 0 Å². The molecule has 2 fully saturated rings. The third-order valence-corrected chi connectivity index (χ3v) is 5.15. The number of carboxylic acids is 1. The molecule has 0 aromatic heterocycles. The van der Waals surface area contributed by atoms with E-state index in [1.165, 1.54) is 51.4 Å². The summed E-state index contributed by atoms with van der Waals surface area (Å²) in [6, 6.07) is 0.301. The van der Waals surface area contributed by atoms with Crippen molar-refractivity contribution in [1.29, 1.82) is 0 Å². The topological polar surface area (TPSA) is 40.5 Å². The number of carbonyl (C=O) groups is 1. The zero-order valence-corrected chi connectivity index (χ0v) is 12.3. The number of likely N-dealkylation sites (tertiary alicyclic amines) is 1. The summed E-state index contributed by atoms with van der Waals surface area (Å²) < 4.78 is 0. The molecule has 2 aliphatic rings. The Morgan fingerprint density at radius 1 is 1.05 bits per heavy atom. The Kier molecular flexibility index (Phi) is 5.68. The molecule has 0 bridgehead atoms. The lowest BCUT2D eigenvalue weighted by Gasteiger charge is -2.43.